The number of hydrogen-bond donors (Lipinski definition) is 2. The topological polar surface area (TPSA) is 48.9 Å². The van der Waals surface area contributed by atoms with E-state index in [1.807, 2.05) is 6.07 Å². The van der Waals surface area contributed by atoms with E-state index in [1.165, 1.54) is 5.69 Å². The highest BCUT2D eigenvalue weighted by molar-refractivity contribution is 14.0. The van der Waals surface area contributed by atoms with Crippen molar-refractivity contribution in [1.29, 1.82) is 0 Å². The van der Waals surface area contributed by atoms with Crippen molar-refractivity contribution in [3.63, 3.8) is 0 Å². The fraction of sp³-hybridized carbons (Fsp3) is 0.611. The lowest BCUT2D eigenvalue weighted by molar-refractivity contribution is 0.117. The summed E-state index contributed by atoms with van der Waals surface area (Å²) in [5.74, 6) is 0.894. The number of aliphatic imine (C=N–C) groups is 1. The van der Waals surface area contributed by atoms with Gasteiger partial charge in [0, 0.05) is 39.0 Å². The molecule has 1 aromatic carbocycles. The van der Waals surface area contributed by atoms with Crippen LogP contribution in [0.25, 0.3) is 0 Å². The maximum Gasteiger partial charge on any atom is 0.191 e. The molecule has 136 valence electrons. The van der Waals surface area contributed by atoms with Crippen LogP contribution >= 0.6 is 24.0 Å². The van der Waals surface area contributed by atoms with Crippen LogP contribution < -0.4 is 15.5 Å². The minimum Gasteiger partial charge on any atom is -0.376 e. The first kappa shape index (κ1) is 21.0. The average Bonchev–Trinajstić information content (AvgIpc) is 3.10. The van der Waals surface area contributed by atoms with Crippen molar-refractivity contribution < 1.29 is 4.74 Å². The molecule has 1 unspecified atom stereocenters. The summed E-state index contributed by atoms with van der Waals surface area (Å²) in [5, 5.41) is 6.70. The Morgan fingerprint density at radius 3 is 2.75 bits per heavy atom. The third-order valence-electron chi connectivity index (χ3n) is 3.98. The van der Waals surface area contributed by atoms with Gasteiger partial charge in [-0.15, -0.1) is 24.0 Å². The van der Waals surface area contributed by atoms with Crippen LogP contribution in [0, 0.1) is 0 Å². The van der Waals surface area contributed by atoms with Crippen molar-refractivity contribution in [1.82, 2.24) is 10.6 Å². The number of nitrogens with zero attached hydrogens (tertiary/aromatic N) is 2. The van der Waals surface area contributed by atoms with Crippen LogP contribution in [0.3, 0.4) is 0 Å². The van der Waals surface area contributed by atoms with Crippen LogP contribution in [0.5, 0.6) is 0 Å². The summed E-state index contributed by atoms with van der Waals surface area (Å²) >= 11 is 0. The molecule has 1 aromatic rings. The molecule has 0 amide bonds. The van der Waals surface area contributed by atoms with E-state index >= 15 is 0 Å². The summed E-state index contributed by atoms with van der Waals surface area (Å²) in [6.07, 6.45) is 3.66. The molecule has 0 bridgehead atoms. The number of rotatable bonds is 8. The standard InChI is InChI=1S/C18H30N4O.HI/c1-3-19-18(21-15-17-11-7-14-23-17)20-12-8-13-22(2)16-9-5-4-6-10-16;/h4-6,9-10,17H,3,7-8,11-15H2,1-2H3,(H2,19,20,21);1H. The van der Waals surface area contributed by atoms with Crippen LogP contribution in [-0.2, 0) is 4.74 Å². The highest BCUT2D eigenvalue weighted by Gasteiger charge is 2.14. The summed E-state index contributed by atoms with van der Waals surface area (Å²) in [6.45, 7) is 6.53. The number of ether oxygens (including phenoxy) is 1. The van der Waals surface area contributed by atoms with Crippen molar-refractivity contribution in [3.05, 3.63) is 30.3 Å². The molecule has 1 fully saturated rings. The molecular weight excluding hydrogens is 415 g/mol. The maximum atomic E-state index is 5.62. The van der Waals surface area contributed by atoms with Gasteiger partial charge in [0.15, 0.2) is 5.96 Å². The second kappa shape index (κ2) is 12.4. The quantitative estimate of drug-likeness (QED) is 0.279. The van der Waals surface area contributed by atoms with Gasteiger partial charge >= 0.3 is 0 Å². The monoisotopic (exact) mass is 446 g/mol. The fourth-order valence-corrected chi connectivity index (χ4v) is 2.66. The third-order valence-corrected chi connectivity index (χ3v) is 3.98. The van der Waals surface area contributed by atoms with Gasteiger partial charge in [-0.1, -0.05) is 18.2 Å². The number of anilines is 1. The Bertz CT molecular complexity index is 463. The molecule has 1 saturated heterocycles. The molecule has 1 aliphatic heterocycles. The molecule has 1 atom stereocenters. The van der Waals surface area contributed by atoms with Crippen molar-refractivity contribution in [2.45, 2.75) is 32.3 Å². The Kier molecular flexibility index (Phi) is 10.8. The molecular formula is C18H31IN4O. The Morgan fingerprint density at radius 1 is 1.29 bits per heavy atom. The van der Waals surface area contributed by atoms with E-state index in [2.05, 4.69) is 58.8 Å². The molecule has 0 aromatic heterocycles. The van der Waals surface area contributed by atoms with E-state index in [0.29, 0.717) is 6.10 Å². The number of benzene rings is 1. The largest absolute Gasteiger partial charge is 0.376 e. The lowest BCUT2D eigenvalue weighted by Crippen LogP contribution is -2.39. The number of halogens is 1. The fourth-order valence-electron chi connectivity index (χ4n) is 2.66. The van der Waals surface area contributed by atoms with Gasteiger partial charge < -0.3 is 20.3 Å². The number of nitrogens with one attached hydrogen (secondary N) is 2. The van der Waals surface area contributed by atoms with Gasteiger partial charge in [0.05, 0.1) is 12.6 Å². The van der Waals surface area contributed by atoms with Crippen LogP contribution in [-0.4, -0.2) is 51.9 Å². The first-order valence-corrected chi connectivity index (χ1v) is 8.69. The molecule has 0 aliphatic carbocycles. The van der Waals surface area contributed by atoms with Gasteiger partial charge in [0.2, 0.25) is 0 Å². The summed E-state index contributed by atoms with van der Waals surface area (Å²) in [4.78, 5) is 6.90. The maximum absolute atomic E-state index is 5.62. The van der Waals surface area contributed by atoms with E-state index in [0.717, 1.165) is 58.0 Å². The van der Waals surface area contributed by atoms with E-state index in [4.69, 9.17) is 4.74 Å². The lowest BCUT2D eigenvalue weighted by Gasteiger charge is -2.19. The van der Waals surface area contributed by atoms with Crippen molar-refractivity contribution in [3.8, 4) is 0 Å². The van der Waals surface area contributed by atoms with Gasteiger partial charge in [-0.25, -0.2) is 0 Å². The van der Waals surface area contributed by atoms with Gasteiger partial charge in [-0.05, 0) is 38.3 Å². The van der Waals surface area contributed by atoms with Gasteiger partial charge in [0.25, 0.3) is 0 Å². The number of hydrogen-bond acceptors (Lipinski definition) is 3. The smallest absolute Gasteiger partial charge is 0.191 e. The van der Waals surface area contributed by atoms with Crippen LogP contribution in [0.4, 0.5) is 5.69 Å². The molecule has 6 heteroatoms. The molecule has 0 saturated carbocycles. The zero-order valence-corrected chi connectivity index (χ0v) is 17.2. The summed E-state index contributed by atoms with van der Waals surface area (Å²) in [7, 11) is 2.13. The zero-order valence-electron chi connectivity index (χ0n) is 14.8. The second-order valence-electron chi connectivity index (χ2n) is 5.89. The van der Waals surface area contributed by atoms with Crippen LogP contribution in [0.2, 0.25) is 0 Å². The van der Waals surface area contributed by atoms with E-state index in [-0.39, 0.29) is 24.0 Å². The predicted octanol–water partition coefficient (Wildman–Crippen LogP) is 2.87. The molecule has 0 spiro atoms. The average molecular weight is 446 g/mol. The lowest BCUT2D eigenvalue weighted by atomic mass is 10.2. The summed E-state index contributed by atoms with van der Waals surface area (Å²) < 4.78 is 5.62. The first-order valence-electron chi connectivity index (χ1n) is 8.69. The molecule has 1 heterocycles. The second-order valence-corrected chi connectivity index (χ2v) is 5.89. The SMILES string of the molecule is CCNC(=NCC1CCCO1)NCCCN(C)c1ccccc1.I. The molecule has 0 radical (unpaired) electrons. The predicted molar refractivity (Wildman–Crippen MR) is 113 cm³/mol. The van der Waals surface area contributed by atoms with Crippen molar-refractivity contribution in [2.75, 3.05) is 44.7 Å². The molecule has 2 rings (SSSR count). The number of guanidine groups is 1. The zero-order chi connectivity index (χ0) is 16.3. The van der Waals surface area contributed by atoms with Gasteiger partial charge in [0.1, 0.15) is 0 Å². The summed E-state index contributed by atoms with van der Waals surface area (Å²) in [6, 6.07) is 10.5. The molecule has 2 N–H and O–H groups in total. The number of para-hydroxylation sites is 1. The van der Waals surface area contributed by atoms with Crippen LogP contribution in [0.15, 0.2) is 35.3 Å². The van der Waals surface area contributed by atoms with Crippen molar-refractivity contribution in [2.24, 2.45) is 4.99 Å². The Balaban J connectivity index is 0.00000288. The minimum absolute atomic E-state index is 0. The normalized spacial score (nSPS) is 17.2. The van der Waals surface area contributed by atoms with Gasteiger partial charge in [-0.2, -0.15) is 0 Å². The molecule has 24 heavy (non-hydrogen) atoms. The van der Waals surface area contributed by atoms with E-state index in [9.17, 15) is 0 Å². The third kappa shape index (κ3) is 7.70. The molecule has 5 nitrogen and oxygen atoms in total. The van der Waals surface area contributed by atoms with Crippen molar-refractivity contribution >= 4 is 35.6 Å². The summed E-state index contributed by atoms with van der Waals surface area (Å²) in [5.41, 5.74) is 1.26. The Hall–Kier alpha value is -1.02. The van der Waals surface area contributed by atoms with E-state index in [1.54, 1.807) is 0 Å². The molecule has 1 aliphatic rings. The van der Waals surface area contributed by atoms with Crippen LogP contribution in [0.1, 0.15) is 26.2 Å². The highest BCUT2D eigenvalue weighted by atomic mass is 127. The first-order chi connectivity index (χ1) is 11.3. The van der Waals surface area contributed by atoms with E-state index < -0.39 is 0 Å². The van der Waals surface area contributed by atoms with Gasteiger partial charge in [-0.3, -0.25) is 4.99 Å². The Labute approximate surface area is 163 Å². The Morgan fingerprint density at radius 2 is 2.08 bits per heavy atom. The minimum atomic E-state index is 0. The highest BCUT2D eigenvalue weighted by Crippen LogP contribution is 2.12.